The number of ether oxygens (including phenoxy) is 1. The lowest BCUT2D eigenvalue weighted by Gasteiger charge is -2.22. The number of allylic oxidation sites excluding steroid dienone is 2. The van der Waals surface area contributed by atoms with Gasteiger partial charge >= 0.3 is 17.9 Å². The van der Waals surface area contributed by atoms with E-state index in [1.54, 1.807) is 13.0 Å². The normalized spacial score (nSPS) is 16.8. The Labute approximate surface area is 267 Å². The summed E-state index contributed by atoms with van der Waals surface area (Å²) >= 11 is 0. The van der Waals surface area contributed by atoms with Gasteiger partial charge < -0.3 is 20.1 Å². The first-order valence-corrected chi connectivity index (χ1v) is 17.1. The molecule has 7 nitrogen and oxygen atoms in total. The van der Waals surface area contributed by atoms with Crippen molar-refractivity contribution >= 4 is 17.9 Å². The van der Waals surface area contributed by atoms with Gasteiger partial charge in [0.15, 0.2) is 0 Å². The number of carbonyl (C=O) groups excluding carboxylic acids is 1. The highest BCUT2D eigenvalue weighted by Gasteiger charge is 2.22. The van der Waals surface area contributed by atoms with Gasteiger partial charge in [0.2, 0.25) is 0 Å². The zero-order chi connectivity index (χ0) is 33.5. The van der Waals surface area contributed by atoms with E-state index in [0.29, 0.717) is 24.5 Å². The third-order valence-corrected chi connectivity index (χ3v) is 7.80. The molecule has 1 aliphatic rings. The summed E-state index contributed by atoms with van der Waals surface area (Å²) in [6.07, 6.45) is 21.6. The van der Waals surface area contributed by atoms with E-state index in [9.17, 15) is 14.4 Å². The number of unbranched alkanes of at least 4 members (excludes halogenated alkanes) is 6. The number of hydrogen-bond donors (Lipinski definition) is 3. The Kier molecular flexibility index (Phi) is 34.5. The van der Waals surface area contributed by atoms with Gasteiger partial charge in [0.25, 0.3) is 0 Å². The second-order valence-corrected chi connectivity index (χ2v) is 11.3. The summed E-state index contributed by atoms with van der Waals surface area (Å²) in [7, 11) is 0. The monoisotopic (exact) mass is 617 g/mol. The Morgan fingerprint density at radius 1 is 0.884 bits per heavy atom. The van der Waals surface area contributed by atoms with E-state index >= 15 is 0 Å². The number of carboxylic acids is 2. The number of hydrogen-bond acceptors (Lipinski definition) is 5. The zero-order valence-corrected chi connectivity index (χ0v) is 29.1. The van der Waals surface area contributed by atoms with Gasteiger partial charge in [-0.25, -0.2) is 9.59 Å². The minimum atomic E-state index is -0.774. The van der Waals surface area contributed by atoms with Crippen LogP contribution in [-0.2, 0) is 19.1 Å². The fourth-order valence-electron chi connectivity index (χ4n) is 4.44. The molecule has 1 aliphatic heterocycles. The Bertz CT molecular complexity index is 740. The number of cyclic esters (lactones) is 1. The Morgan fingerprint density at radius 2 is 1.44 bits per heavy atom. The first kappa shape index (κ1) is 45.3. The highest BCUT2D eigenvalue weighted by molar-refractivity contribution is 5.89. The van der Waals surface area contributed by atoms with Gasteiger partial charge in [-0.3, -0.25) is 4.79 Å². The molecule has 0 aromatic carbocycles. The molecule has 0 radical (unpaired) electrons. The second-order valence-electron chi connectivity index (χ2n) is 11.3. The number of carboxylic acid groups (broad SMARTS) is 2. The Morgan fingerprint density at radius 3 is 1.81 bits per heavy atom. The molecular formula is C36H72O7. The molecule has 0 bridgehead atoms. The maximum atomic E-state index is 11.1. The lowest BCUT2D eigenvalue weighted by atomic mass is 9.99. The molecule has 1 rings (SSSR count). The summed E-state index contributed by atoms with van der Waals surface area (Å²) in [5, 5.41) is 26.1. The lowest BCUT2D eigenvalue weighted by Crippen LogP contribution is -2.24. The quantitative estimate of drug-likeness (QED) is 0.0795. The SMILES string of the molecule is C/C=C(/CCCCC)C(=O)O.C/C=C1\CCC(CC)OC1=O.CCCCCC(CC)C(=O)O.CCCCCC(CC)CO.[HH].[HH]. The van der Waals surface area contributed by atoms with E-state index in [2.05, 4.69) is 27.7 Å². The minimum Gasteiger partial charge on any atom is -0.481 e. The van der Waals surface area contributed by atoms with Crippen LogP contribution in [0.2, 0.25) is 0 Å². The van der Waals surface area contributed by atoms with Gasteiger partial charge in [0.05, 0.1) is 5.92 Å². The Balaban J connectivity index is -0.000000156. The van der Waals surface area contributed by atoms with Crippen LogP contribution >= 0.6 is 0 Å². The number of rotatable bonds is 18. The van der Waals surface area contributed by atoms with E-state index in [4.69, 9.17) is 20.1 Å². The van der Waals surface area contributed by atoms with Crippen molar-refractivity contribution in [3.8, 4) is 0 Å². The maximum Gasteiger partial charge on any atom is 0.333 e. The average Bonchev–Trinajstić information content (AvgIpc) is 3.00. The standard InChI is InChI=1S/C9H14O2.C9H18O2.C9H16O2.C9H20O.2H2/c1-3-7-5-6-8(4-2)11-9(7)10;2*1-3-5-6-7-8(4-2)9(10)11;1-3-5-6-7-9(4-2)8-10;;/h3,8H,4-6H2,1-2H3;8H,3-7H2,1-2H3,(H,10,11);4H,3,5-7H2,1-2H3,(H,10,11);9-10H,3-8H2,1-2H3;2*1H/b7-3+;;8-4-;;;. The molecule has 3 atom stereocenters. The maximum absolute atomic E-state index is 11.1. The predicted molar refractivity (Wildman–Crippen MR) is 183 cm³/mol. The molecule has 1 saturated heterocycles. The molecule has 7 heteroatoms. The molecule has 258 valence electrons. The van der Waals surface area contributed by atoms with Gasteiger partial charge in [-0.15, -0.1) is 0 Å². The van der Waals surface area contributed by atoms with Gasteiger partial charge in [-0.2, -0.15) is 0 Å². The van der Waals surface area contributed by atoms with Crippen molar-refractivity contribution in [1.82, 2.24) is 0 Å². The first-order chi connectivity index (χ1) is 20.6. The lowest BCUT2D eigenvalue weighted by molar-refractivity contribution is -0.147. The van der Waals surface area contributed by atoms with Crippen LogP contribution in [-0.4, -0.2) is 45.9 Å². The van der Waals surface area contributed by atoms with Crippen molar-refractivity contribution in [2.75, 3.05) is 6.61 Å². The second kappa shape index (κ2) is 32.8. The number of aliphatic carboxylic acids is 2. The smallest absolute Gasteiger partial charge is 0.333 e. The molecule has 0 spiro atoms. The summed E-state index contributed by atoms with van der Waals surface area (Å²) in [5.74, 6) is -1.08. The number of aliphatic hydroxyl groups excluding tert-OH is 1. The molecule has 3 N–H and O–H groups in total. The molecule has 1 fully saturated rings. The number of aliphatic hydroxyl groups is 1. The summed E-state index contributed by atoms with van der Waals surface area (Å²) in [6, 6.07) is 0. The summed E-state index contributed by atoms with van der Waals surface area (Å²) < 4.78 is 5.13. The molecule has 43 heavy (non-hydrogen) atoms. The van der Waals surface area contributed by atoms with E-state index in [1.807, 2.05) is 26.8 Å². The largest absolute Gasteiger partial charge is 0.481 e. The van der Waals surface area contributed by atoms with Crippen molar-refractivity contribution in [3.63, 3.8) is 0 Å². The molecule has 0 aromatic heterocycles. The summed E-state index contributed by atoms with van der Waals surface area (Å²) in [6.45, 7) is 16.6. The van der Waals surface area contributed by atoms with E-state index in [0.717, 1.165) is 82.6 Å². The third-order valence-electron chi connectivity index (χ3n) is 7.80. The van der Waals surface area contributed by atoms with Crippen molar-refractivity contribution in [2.45, 2.75) is 171 Å². The molecule has 0 amide bonds. The first-order valence-electron chi connectivity index (χ1n) is 17.1. The van der Waals surface area contributed by atoms with Crippen LogP contribution in [0.3, 0.4) is 0 Å². The summed E-state index contributed by atoms with van der Waals surface area (Å²) in [4.78, 5) is 32.1. The molecule has 0 aromatic rings. The minimum absolute atomic E-state index is 0. The van der Waals surface area contributed by atoms with Gasteiger partial charge in [0.1, 0.15) is 6.10 Å². The van der Waals surface area contributed by atoms with Crippen LogP contribution < -0.4 is 0 Å². The molecular weight excluding hydrogens is 544 g/mol. The highest BCUT2D eigenvalue weighted by atomic mass is 16.5. The molecule has 0 saturated carbocycles. The van der Waals surface area contributed by atoms with Crippen LogP contribution in [0.1, 0.15) is 167 Å². The van der Waals surface area contributed by atoms with E-state index in [1.165, 1.54) is 25.7 Å². The molecule has 1 heterocycles. The Hall–Kier alpha value is -2.15. The van der Waals surface area contributed by atoms with Crippen LogP contribution in [0, 0.1) is 11.8 Å². The average molecular weight is 617 g/mol. The van der Waals surface area contributed by atoms with Crippen molar-refractivity contribution < 1.29 is 37.3 Å². The molecule has 3 unspecified atom stereocenters. The highest BCUT2D eigenvalue weighted by Crippen LogP contribution is 2.21. The van der Waals surface area contributed by atoms with Crippen molar-refractivity contribution in [2.24, 2.45) is 11.8 Å². The van der Waals surface area contributed by atoms with Crippen LogP contribution in [0.4, 0.5) is 0 Å². The van der Waals surface area contributed by atoms with Crippen molar-refractivity contribution in [1.29, 1.82) is 0 Å². The fraction of sp³-hybridized carbons (Fsp3) is 0.806. The van der Waals surface area contributed by atoms with Gasteiger partial charge in [0, 0.05) is 20.6 Å². The third kappa shape index (κ3) is 27.2. The summed E-state index contributed by atoms with van der Waals surface area (Å²) in [5.41, 5.74) is 1.37. The van der Waals surface area contributed by atoms with Crippen molar-refractivity contribution in [3.05, 3.63) is 23.3 Å². The van der Waals surface area contributed by atoms with Gasteiger partial charge in [-0.1, -0.05) is 111 Å². The van der Waals surface area contributed by atoms with Crippen LogP contribution in [0.5, 0.6) is 0 Å². The number of esters is 1. The van der Waals surface area contributed by atoms with Crippen LogP contribution in [0.25, 0.3) is 0 Å². The predicted octanol–water partition coefficient (Wildman–Crippen LogP) is 10.4. The number of carbonyl (C=O) groups is 3. The van der Waals surface area contributed by atoms with E-state index in [-0.39, 0.29) is 20.8 Å². The fourth-order valence-corrected chi connectivity index (χ4v) is 4.44. The van der Waals surface area contributed by atoms with Gasteiger partial charge in [-0.05, 0) is 71.1 Å². The topological polar surface area (TPSA) is 121 Å². The van der Waals surface area contributed by atoms with E-state index < -0.39 is 11.9 Å². The molecule has 0 aliphatic carbocycles. The zero-order valence-electron chi connectivity index (χ0n) is 29.1. The van der Waals surface area contributed by atoms with Crippen LogP contribution in [0.15, 0.2) is 23.3 Å².